The van der Waals surface area contributed by atoms with Crippen molar-refractivity contribution in [3.8, 4) is 0 Å². The van der Waals surface area contributed by atoms with Crippen LogP contribution < -0.4 is 0 Å². The van der Waals surface area contributed by atoms with Crippen LogP contribution in [0.25, 0.3) is 4.91 Å². The van der Waals surface area contributed by atoms with Crippen LogP contribution >= 0.6 is 39.6 Å². The molecule has 0 fully saturated rings. The average Bonchev–Trinajstić information content (AvgIpc) is 2.47. The van der Waals surface area contributed by atoms with Gasteiger partial charge in [0.1, 0.15) is 0 Å². The van der Waals surface area contributed by atoms with Crippen molar-refractivity contribution in [3.05, 3.63) is 28.0 Å². The van der Waals surface area contributed by atoms with Crippen LogP contribution in [0.2, 0.25) is 0 Å². The van der Waals surface area contributed by atoms with E-state index in [1.165, 1.54) is 14.7 Å². The van der Waals surface area contributed by atoms with Gasteiger partial charge in [-0.05, 0) is 26.0 Å². The summed E-state index contributed by atoms with van der Waals surface area (Å²) in [5.74, 6) is 0. The third kappa shape index (κ3) is 2.71. The lowest BCUT2D eigenvalue weighted by Gasteiger charge is -1.96. The highest BCUT2D eigenvalue weighted by molar-refractivity contribution is 14.2. The first-order valence-electron chi connectivity index (χ1n) is 3.56. The Bertz CT molecular complexity index is 299. The molecule has 0 atom stereocenters. The minimum Gasteiger partial charge on any atom is -0.140 e. The Hall–Kier alpha value is 0.390. The van der Waals surface area contributed by atoms with Gasteiger partial charge in [0.25, 0.3) is 0 Å². The van der Waals surface area contributed by atoms with Gasteiger partial charge in [-0.15, -0.1) is 11.3 Å². The van der Waals surface area contributed by atoms with Crippen molar-refractivity contribution in [3.63, 3.8) is 0 Å². The van der Waals surface area contributed by atoms with Gasteiger partial charge >= 0.3 is 0 Å². The smallest absolute Gasteiger partial charge is 0.0413 e. The standard InChI is InChI=1S/C9H11IS2/c1-4-8(12-10-3)9-6-5-7(2)11-9/h4-6H,3H2,1-2H3/b8-4-. The van der Waals surface area contributed by atoms with Gasteiger partial charge in [-0.3, -0.25) is 0 Å². The van der Waals surface area contributed by atoms with Crippen LogP contribution in [0.3, 0.4) is 0 Å². The monoisotopic (exact) mass is 310 g/mol. The second-order valence-corrected chi connectivity index (χ2v) is 7.54. The Morgan fingerprint density at radius 1 is 1.67 bits per heavy atom. The fourth-order valence-electron chi connectivity index (χ4n) is 0.851. The van der Waals surface area contributed by atoms with Gasteiger partial charge in [0, 0.05) is 14.7 Å². The van der Waals surface area contributed by atoms with Crippen LogP contribution in [0.1, 0.15) is 16.7 Å². The van der Waals surface area contributed by atoms with E-state index in [0.717, 1.165) is 0 Å². The lowest BCUT2D eigenvalue weighted by Crippen LogP contribution is -1.65. The Morgan fingerprint density at radius 2 is 2.42 bits per heavy atom. The molecule has 1 heterocycles. The average molecular weight is 310 g/mol. The van der Waals surface area contributed by atoms with Crippen molar-refractivity contribution in [2.24, 2.45) is 0 Å². The predicted molar refractivity (Wildman–Crippen MR) is 71.4 cm³/mol. The molecule has 12 heavy (non-hydrogen) atoms. The minimum atomic E-state index is 0.0493. The molecule has 0 N–H and O–H groups in total. The van der Waals surface area contributed by atoms with Gasteiger partial charge < -0.3 is 0 Å². The van der Waals surface area contributed by atoms with Crippen LogP contribution in [-0.4, -0.2) is 4.51 Å². The third-order valence-electron chi connectivity index (χ3n) is 1.38. The van der Waals surface area contributed by atoms with E-state index in [2.05, 4.69) is 36.6 Å². The van der Waals surface area contributed by atoms with E-state index in [0.29, 0.717) is 0 Å². The summed E-state index contributed by atoms with van der Waals surface area (Å²) in [5.41, 5.74) is 0. The highest BCUT2D eigenvalue weighted by atomic mass is 127. The van der Waals surface area contributed by atoms with E-state index in [4.69, 9.17) is 0 Å². The summed E-state index contributed by atoms with van der Waals surface area (Å²) in [7, 11) is 1.91. The molecule has 66 valence electrons. The molecule has 0 spiro atoms. The first-order valence-corrected chi connectivity index (χ1v) is 9.26. The van der Waals surface area contributed by atoms with E-state index in [-0.39, 0.29) is 19.3 Å². The Kier molecular flexibility index (Phi) is 4.53. The van der Waals surface area contributed by atoms with Gasteiger partial charge in [0.15, 0.2) is 0 Å². The summed E-state index contributed by atoms with van der Waals surface area (Å²) < 4.78 is 3.94. The lowest BCUT2D eigenvalue weighted by atomic mass is 10.4. The molecule has 1 aromatic rings. The molecule has 3 heteroatoms. The quantitative estimate of drug-likeness (QED) is 0.742. The number of aryl methyl sites for hydroxylation is 1. The second kappa shape index (κ2) is 5.19. The summed E-state index contributed by atoms with van der Waals surface area (Å²) in [6.07, 6.45) is 2.18. The van der Waals surface area contributed by atoms with Crippen molar-refractivity contribution >= 4 is 49.0 Å². The molecule has 0 nitrogen and oxygen atoms in total. The second-order valence-electron chi connectivity index (χ2n) is 2.25. The third-order valence-corrected chi connectivity index (χ3v) is 5.63. The maximum atomic E-state index is 3.94. The Balaban J connectivity index is 2.87. The van der Waals surface area contributed by atoms with Crippen LogP contribution in [0.4, 0.5) is 0 Å². The molecule has 1 aromatic heterocycles. The number of hydrogen-bond acceptors (Lipinski definition) is 2. The first kappa shape index (κ1) is 10.5. The molecule has 0 saturated carbocycles. The van der Waals surface area contributed by atoms with E-state index < -0.39 is 0 Å². The van der Waals surface area contributed by atoms with Gasteiger partial charge in [-0.2, -0.15) is 0 Å². The fraction of sp³-hybridized carbons (Fsp3) is 0.222. The molecule has 0 bridgehead atoms. The SMILES string of the molecule is C=IS/C(=C\C)c1ccc(C)s1. The van der Waals surface area contributed by atoms with Crippen LogP contribution in [0.15, 0.2) is 18.2 Å². The molecule has 1 rings (SSSR count). The fourth-order valence-corrected chi connectivity index (χ4v) is 5.22. The summed E-state index contributed by atoms with van der Waals surface area (Å²) in [6, 6.07) is 4.37. The van der Waals surface area contributed by atoms with Gasteiger partial charge in [0.05, 0.1) is 0 Å². The first-order chi connectivity index (χ1) is 5.77. The van der Waals surface area contributed by atoms with Gasteiger partial charge in [0.2, 0.25) is 0 Å². The highest BCUT2D eigenvalue weighted by Gasteiger charge is 2.01. The summed E-state index contributed by atoms with van der Waals surface area (Å²) >= 11 is 1.91. The molecular formula is C9H11IS2. The zero-order valence-corrected chi connectivity index (χ0v) is 10.9. The topological polar surface area (TPSA) is 0 Å². The van der Waals surface area contributed by atoms with Crippen LogP contribution in [-0.2, 0) is 0 Å². The summed E-state index contributed by atoms with van der Waals surface area (Å²) in [4.78, 5) is 4.17. The molecule has 0 radical (unpaired) electrons. The Morgan fingerprint density at radius 3 is 2.83 bits per heavy atom. The normalized spacial score (nSPS) is 12.0. The number of halogens is 1. The molecule has 0 saturated heterocycles. The van der Waals surface area contributed by atoms with Gasteiger partial charge in [-0.25, -0.2) is 0 Å². The zero-order chi connectivity index (χ0) is 8.97. The van der Waals surface area contributed by atoms with Crippen molar-refractivity contribution in [1.29, 1.82) is 0 Å². The highest BCUT2D eigenvalue weighted by Crippen LogP contribution is 2.38. The molecule has 0 amide bonds. The number of rotatable bonds is 3. The summed E-state index contributed by atoms with van der Waals surface area (Å²) in [5, 5.41) is 0. The van der Waals surface area contributed by atoms with Crippen molar-refractivity contribution in [1.82, 2.24) is 0 Å². The van der Waals surface area contributed by atoms with Crippen molar-refractivity contribution in [2.75, 3.05) is 0 Å². The predicted octanol–water partition coefficient (Wildman–Crippen LogP) is 4.47. The number of hydrogen-bond donors (Lipinski definition) is 0. The number of allylic oxidation sites excluding steroid dienone is 1. The largest absolute Gasteiger partial charge is 0.140 e. The van der Waals surface area contributed by atoms with Gasteiger partial charge in [-0.1, -0.05) is 38.9 Å². The number of thiophene rings is 1. The maximum Gasteiger partial charge on any atom is 0.0413 e. The maximum absolute atomic E-state index is 3.94. The van der Waals surface area contributed by atoms with E-state index in [9.17, 15) is 0 Å². The molecule has 0 unspecified atom stereocenters. The molecule has 0 aromatic carbocycles. The Labute approximate surface area is 90.3 Å². The van der Waals surface area contributed by atoms with E-state index in [1.807, 2.05) is 20.3 Å². The molecule has 0 aliphatic heterocycles. The lowest BCUT2D eigenvalue weighted by molar-refractivity contribution is 1.64. The van der Waals surface area contributed by atoms with Crippen molar-refractivity contribution < 1.29 is 0 Å². The minimum absolute atomic E-state index is 0.0493. The van der Waals surface area contributed by atoms with Crippen LogP contribution in [0, 0.1) is 6.92 Å². The molecule has 0 aliphatic rings. The van der Waals surface area contributed by atoms with E-state index >= 15 is 0 Å². The van der Waals surface area contributed by atoms with Crippen LogP contribution in [0.5, 0.6) is 0 Å². The summed E-state index contributed by atoms with van der Waals surface area (Å²) in [6.45, 7) is 4.24. The molecule has 0 aliphatic carbocycles. The van der Waals surface area contributed by atoms with Crippen molar-refractivity contribution in [2.45, 2.75) is 13.8 Å². The van der Waals surface area contributed by atoms with E-state index in [1.54, 1.807) is 0 Å². The molecular weight excluding hydrogens is 299 g/mol. The zero-order valence-electron chi connectivity index (χ0n) is 7.13.